The molecule has 4 N–H and O–H groups in total. The molecule has 7 heteroatoms. The third-order valence-electron chi connectivity index (χ3n) is 3.96. The van der Waals surface area contributed by atoms with Gasteiger partial charge in [-0.1, -0.05) is 12.8 Å². The smallest absolute Gasteiger partial charge is 0.240 e. The Hall–Kier alpha value is -1.44. The molecule has 0 aliphatic heterocycles. The molecule has 1 aliphatic rings. The number of hydrogen-bond donors (Lipinski definition) is 3. The number of nitrogens with two attached hydrogens (primary N) is 1. The number of nitrogens with zero attached hydrogens (tertiary/aromatic N) is 3. The molecular weight excluding hydrogens is 274 g/mol. The van der Waals surface area contributed by atoms with E-state index in [9.17, 15) is 5.11 Å². The van der Waals surface area contributed by atoms with Gasteiger partial charge in [0.15, 0.2) is 0 Å². The number of nitrogen functional groups attached to an aromatic ring is 1. The van der Waals surface area contributed by atoms with Crippen LogP contribution in [0.4, 0.5) is 11.8 Å². The molecule has 0 aromatic carbocycles. The first-order chi connectivity index (χ1) is 9.70. The first-order valence-electron chi connectivity index (χ1n) is 6.83. The molecule has 20 heavy (non-hydrogen) atoms. The Morgan fingerprint density at radius 3 is 2.95 bits per heavy atom. The molecule has 6 nitrogen and oxygen atoms in total. The molecule has 0 bridgehead atoms. The summed E-state index contributed by atoms with van der Waals surface area (Å²) in [5.74, 6) is 6.68. The van der Waals surface area contributed by atoms with Gasteiger partial charge in [0.1, 0.15) is 10.6 Å². The monoisotopic (exact) mass is 293 g/mol. The van der Waals surface area contributed by atoms with Crippen molar-refractivity contribution in [2.45, 2.75) is 37.8 Å². The third kappa shape index (κ3) is 2.32. The van der Waals surface area contributed by atoms with Gasteiger partial charge < -0.3 is 10.0 Å². The zero-order valence-electron chi connectivity index (χ0n) is 11.4. The maximum absolute atomic E-state index is 10.2. The lowest BCUT2D eigenvalue weighted by molar-refractivity contribution is 0.106. The van der Waals surface area contributed by atoms with Crippen molar-refractivity contribution in [3.05, 3.63) is 11.4 Å². The number of anilines is 2. The van der Waals surface area contributed by atoms with E-state index in [4.69, 9.17) is 5.84 Å². The number of rotatable bonds is 3. The van der Waals surface area contributed by atoms with Gasteiger partial charge in [-0.2, -0.15) is 4.98 Å². The van der Waals surface area contributed by atoms with Gasteiger partial charge in [0, 0.05) is 7.05 Å². The second-order valence-electron chi connectivity index (χ2n) is 5.18. The lowest BCUT2D eigenvalue weighted by atomic mass is 9.91. The molecule has 0 saturated heterocycles. The van der Waals surface area contributed by atoms with Crippen LogP contribution < -0.4 is 16.2 Å². The summed E-state index contributed by atoms with van der Waals surface area (Å²) < 4.78 is 0. The summed E-state index contributed by atoms with van der Waals surface area (Å²) in [6.45, 7) is 0. The van der Waals surface area contributed by atoms with E-state index in [0.717, 1.165) is 41.7 Å². The van der Waals surface area contributed by atoms with Crippen molar-refractivity contribution in [3.63, 3.8) is 0 Å². The Balaban J connectivity index is 2.01. The fraction of sp³-hybridized carbons (Fsp3) is 0.538. The summed E-state index contributed by atoms with van der Waals surface area (Å²) in [5.41, 5.74) is 2.51. The van der Waals surface area contributed by atoms with Crippen LogP contribution in [0.25, 0.3) is 10.2 Å². The van der Waals surface area contributed by atoms with Crippen LogP contribution in [-0.4, -0.2) is 34.3 Å². The van der Waals surface area contributed by atoms with E-state index in [2.05, 4.69) is 20.3 Å². The molecule has 108 valence electrons. The molecular formula is C13H19N5OS. The lowest BCUT2D eigenvalue weighted by Gasteiger charge is -2.36. The number of thiophene rings is 1. The second kappa shape index (κ2) is 5.51. The average molecular weight is 293 g/mol. The normalized spacial score (nSPS) is 22.9. The van der Waals surface area contributed by atoms with Gasteiger partial charge in [-0.05, 0) is 24.3 Å². The SMILES string of the molecule is CN(c1nc(NN)nc2sccc12)C1CCCCC1O. The highest BCUT2D eigenvalue weighted by molar-refractivity contribution is 7.16. The van der Waals surface area contributed by atoms with Gasteiger partial charge in [-0.25, -0.2) is 10.8 Å². The van der Waals surface area contributed by atoms with Crippen LogP contribution in [-0.2, 0) is 0 Å². The number of aliphatic hydroxyl groups excluding tert-OH is 1. The van der Waals surface area contributed by atoms with Crippen LogP contribution in [0.2, 0.25) is 0 Å². The largest absolute Gasteiger partial charge is 0.391 e. The van der Waals surface area contributed by atoms with Gasteiger partial charge >= 0.3 is 0 Å². The van der Waals surface area contributed by atoms with E-state index in [1.165, 1.54) is 0 Å². The zero-order chi connectivity index (χ0) is 14.1. The van der Waals surface area contributed by atoms with Crippen LogP contribution >= 0.6 is 11.3 Å². The molecule has 2 heterocycles. The fourth-order valence-electron chi connectivity index (χ4n) is 2.87. The van der Waals surface area contributed by atoms with Crippen molar-refractivity contribution in [2.24, 2.45) is 5.84 Å². The summed E-state index contributed by atoms with van der Waals surface area (Å²) in [5, 5.41) is 13.2. The first-order valence-corrected chi connectivity index (χ1v) is 7.71. The Labute approximate surface area is 121 Å². The van der Waals surface area contributed by atoms with Crippen LogP contribution in [0.15, 0.2) is 11.4 Å². The molecule has 0 radical (unpaired) electrons. The van der Waals surface area contributed by atoms with Gasteiger partial charge in [-0.15, -0.1) is 11.3 Å². The number of nitrogens with one attached hydrogen (secondary N) is 1. The Morgan fingerprint density at radius 2 is 2.20 bits per heavy atom. The van der Waals surface area contributed by atoms with Gasteiger partial charge in [0.2, 0.25) is 5.95 Å². The number of aromatic nitrogens is 2. The quantitative estimate of drug-likeness (QED) is 0.590. The summed E-state index contributed by atoms with van der Waals surface area (Å²) in [4.78, 5) is 11.8. The summed E-state index contributed by atoms with van der Waals surface area (Å²) in [7, 11) is 1.99. The molecule has 1 saturated carbocycles. The highest BCUT2D eigenvalue weighted by Gasteiger charge is 2.28. The maximum atomic E-state index is 10.2. The Kier molecular flexibility index (Phi) is 3.73. The van der Waals surface area contributed by atoms with Crippen molar-refractivity contribution in [1.29, 1.82) is 0 Å². The predicted octanol–water partition coefficient (Wildman–Crippen LogP) is 1.72. The molecule has 0 spiro atoms. The number of hydrazine groups is 1. The maximum Gasteiger partial charge on any atom is 0.240 e. The van der Waals surface area contributed by atoms with Gasteiger partial charge in [-0.3, -0.25) is 5.43 Å². The molecule has 2 unspecified atom stereocenters. The minimum absolute atomic E-state index is 0.104. The third-order valence-corrected chi connectivity index (χ3v) is 4.77. The topological polar surface area (TPSA) is 87.3 Å². The van der Waals surface area contributed by atoms with Crippen LogP contribution in [0, 0.1) is 0 Å². The minimum Gasteiger partial charge on any atom is -0.391 e. The summed E-state index contributed by atoms with van der Waals surface area (Å²) in [6.07, 6.45) is 3.78. The van der Waals surface area contributed by atoms with E-state index in [-0.39, 0.29) is 12.1 Å². The lowest BCUT2D eigenvalue weighted by Crippen LogP contribution is -2.44. The van der Waals surface area contributed by atoms with E-state index in [1.54, 1.807) is 11.3 Å². The standard InChI is InChI=1S/C13H19N5OS/c1-18(9-4-2-3-5-10(9)19)11-8-6-7-20-12(8)16-13(15-11)17-14/h6-7,9-10,19H,2-5,14H2,1H3,(H,15,16,17). The Morgan fingerprint density at radius 1 is 1.40 bits per heavy atom. The van der Waals surface area contributed by atoms with E-state index in [1.807, 2.05) is 18.5 Å². The number of aliphatic hydroxyl groups is 1. The summed E-state index contributed by atoms with van der Waals surface area (Å²) >= 11 is 1.56. The molecule has 2 aromatic rings. The van der Waals surface area contributed by atoms with Crippen molar-refractivity contribution < 1.29 is 5.11 Å². The summed E-state index contributed by atoms with van der Waals surface area (Å²) in [6, 6.07) is 2.12. The molecule has 1 aliphatic carbocycles. The first kappa shape index (κ1) is 13.5. The fourth-order valence-corrected chi connectivity index (χ4v) is 3.63. The minimum atomic E-state index is -0.299. The van der Waals surface area contributed by atoms with Crippen LogP contribution in [0.3, 0.4) is 0 Å². The van der Waals surface area contributed by atoms with E-state index >= 15 is 0 Å². The number of fused-ring (bicyclic) bond motifs is 1. The zero-order valence-corrected chi connectivity index (χ0v) is 12.2. The average Bonchev–Trinajstić information content (AvgIpc) is 2.94. The molecule has 2 atom stereocenters. The van der Waals surface area contributed by atoms with E-state index in [0.29, 0.717) is 5.95 Å². The number of likely N-dealkylation sites (N-methyl/N-ethyl adjacent to an activating group) is 1. The molecule has 0 amide bonds. The predicted molar refractivity (Wildman–Crippen MR) is 81.9 cm³/mol. The second-order valence-corrected chi connectivity index (χ2v) is 6.08. The highest BCUT2D eigenvalue weighted by Crippen LogP contribution is 2.32. The van der Waals surface area contributed by atoms with Gasteiger partial charge in [0.05, 0.1) is 17.5 Å². The van der Waals surface area contributed by atoms with Crippen molar-refractivity contribution in [3.8, 4) is 0 Å². The molecule has 2 aromatic heterocycles. The highest BCUT2D eigenvalue weighted by atomic mass is 32.1. The van der Waals surface area contributed by atoms with E-state index < -0.39 is 0 Å². The number of hydrogen-bond acceptors (Lipinski definition) is 7. The van der Waals surface area contributed by atoms with Gasteiger partial charge in [0.25, 0.3) is 0 Å². The van der Waals surface area contributed by atoms with Crippen LogP contribution in [0.1, 0.15) is 25.7 Å². The van der Waals surface area contributed by atoms with Crippen LogP contribution in [0.5, 0.6) is 0 Å². The molecule has 3 rings (SSSR count). The van der Waals surface area contributed by atoms with Crippen molar-refractivity contribution in [2.75, 3.05) is 17.4 Å². The molecule has 1 fully saturated rings. The van der Waals surface area contributed by atoms with Crippen molar-refractivity contribution >= 4 is 33.3 Å². The Bertz CT molecular complexity index is 601. The van der Waals surface area contributed by atoms with Crippen molar-refractivity contribution in [1.82, 2.24) is 9.97 Å².